The van der Waals surface area contributed by atoms with Crippen molar-refractivity contribution in [3.8, 4) is 34.1 Å². The molecule has 0 aliphatic carbocycles. The van der Waals surface area contributed by atoms with Crippen LogP contribution in [-0.2, 0) is 33.3 Å². The van der Waals surface area contributed by atoms with Gasteiger partial charge in [0, 0.05) is 34.5 Å². The fourth-order valence-corrected chi connectivity index (χ4v) is 6.38. The zero-order chi connectivity index (χ0) is 31.5. The van der Waals surface area contributed by atoms with Crippen molar-refractivity contribution in [3.63, 3.8) is 0 Å². The average Bonchev–Trinajstić information content (AvgIpc) is 3.61. The molecular weight excluding hydrogens is 671 g/mol. The van der Waals surface area contributed by atoms with Crippen LogP contribution in [0.2, 0.25) is 0 Å². The van der Waals surface area contributed by atoms with E-state index in [1.165, 1.54) is 29.7 Å². The molecule has 3 aromatic heterocycles. The van der Waals surface area contributed by atoms with E-state index in [0.29, 0.717) is 11.5 Å². The van der Waals surface area contributed by atoms with Crippen LogP contribution in [0.25, 0.3) is 44.4 Å². The summed E-state index contributed by atoms with van der Waals surface area (Å²) in [4.78, 5) is 4.71. The SMILES string of the molecule is CCCCCc1c(-c2ccccc2)c(CCC)nn1-c1[c-]c(Oc2[c-]c3c(cc2)c2ccccc2n3-c2cc(C)ccn2)ccc1.[Pd+2]. The molecule has 0 spiro atoms. The van der Waals surface area contributed by atoms with Crippen molar-refractivity contribution in [2.45, 2.75) is 59.3 Å². The number of hydrogen-bond acceptors (Lipinski definition) is 3. The molecule has 6 heteroatoms. The molecule has 47 heavy (non-hydrogen) atoms. The minimum atomic E-state index is 0. The van der Waals surface area contributed by atoms with Gasteiger partial charge in [-0.25, -0.2) is 4.98 Å². The number of pyridine rings is 1. The third-order valence-corrected chi connectivity index (χ3v) is 8.51. The number of aromatic nitrogens is 4. The first-order valence-corrected chi connectivity index (χ1v) is 16.4. The molecule has 4 aromatic carbocycles. The van der Waals surface area contributed by atoms with E-state index in [0.717, 1.165) is 70.3 Å². The number of benzene rings is 4. The topological polar surface area (TPSA) is 44.9 Å². The van der Waals surface area contributed by atoms with E-state index in [-0.39, 0.29) is 20.4 Å². The first kappa shape index (κ1) is 32.4. The van der Waals surface area contributed by atoms with E-state index < -0.39 is 0 Å². The van der Waals surface area contributed by atoms with E-state index in [1.807, 2.05) is 30.5 Å². The molecule has 7 aromatic rings. The fourth-order valence-electron chi connectivity index (χ4n) is 6.38. The van der Waals surface area contributed by atoms with Gasteiger partial charge in [-0.05, 0) is 66.6 Å². The number of unbranched alkanes of at least 4 members (excludes halogenated alkanes) is 2. The number of hydrogen-bond donors (Lipinski definition) is 0. The zero-order valence-corrected chi connectivity index (χ0v) is 28.6. The molecule has 0 unspecified atom stereocenters. The Morgan fingerprint density at radius 1 is 0.745 bits per heavy atom. The predicted molar refractivity (Wildman–Crippen MR) is 187 cm³/mol. The molecule has 0 N–H and O–H groups in total. The molecule has 0 radical (unpaired) electrons. The molecule has 0 aliphatic heterocycles. The minimum absolute atomic E-state index is 0. The Bertz CT molecular complexity index is 2130. The van der Waals surface area contributed by atoms with Crippen LogP contribution in [0.1, 0.15) is 56.5 Å². The summed E-state index contributed by atoms with van der Waals surface area (Å²) >= 11 is 0. The van der Waals surface area contributed by atoms with Gasteiger partial charge < -0.3 is 9.30 Å². The van der Waals surface area contributed by atoms with Gasteiger partial charge in [-0.3, -0.25) is 4.68 Å². The molecule has 0 amide bonds. The summed E-state index contributed by atoms with van der Waals surface area (Å²) in [5, 5.41) is 7.46. The van der Waals surface area contributed by atoms with Gasteiger partial charge in [0.05, 0.1) is 5.69 Å². The van der Waals surface area contributed by atoms with Crippen LogP contribution >= 0.6 is 0 Å². The van der Waals surface area contributed by atoms with Crippen LogP contribution in [0.4, 0.5) is 0 Å². The summed E-state index contributed by atoms with van der Waals surface area (Å²) in [5.74, 6) is 2.11. The Morgan fingerprint density at radius 3 is 2.36 bits per heavy atom. The summed E-state index contributed by atoms with van der Waals surface area (Å²) < 4.78 is 10.7. The molecule has 0 saturated heterocycles. The van der Waals surface area contributed by atoms with Crippen molar-refractivity contribution in [1.29, 1.82) is 0 Å². The predicted octanol–water partition coefficient (Wildman–Crippen LogP) is 10.4. The van der Waals surface area contributed by atoms with Gasteiger partial charge in [0.1, 0.15) is 5.82 Å². The second kappa shape index (κ2) is 14.5. The van der Waals surface area contributed by atoms with Crippen molar-refractivity contribution in [2.24, 2.45) is 0 Å². The molecule has 0 aliphatic rings. The van der Waals surface area contributed by atoms with E-state index in [9.17, 15) is 0 Å². The maximum atomic E-state index is 6.48. The molecule has 7 rings (SSSR count). The monoisotopic (exact) mass is 708 g/mol. The normalized spacial score (nSPS) is 11.2. The van der Waals surface area contributed by atoms with E-state index in [2.05, 4.69) is 115 Å². The first-order chi connectivity index (χ1) is 22.6. The second-order valence-electron chi connectivity index (χ2n) is 11.9. The van der Waals surface area contributed by atoms with Gasteiger partial charge in [0.15, 0.2) is 0 Å². The average molecular weight is 709 g/mol. The van der Waals surface area contributed by atoms with Gasteiger partial charge in [-0.2, -0.15) is 17.2 Å². The number of nitrogens with zero attached hydrogens (tertiary/aromatic N) is 4. The van der Waals surface area contributed by atoms with Crippen molar-refractivity contribution >= 4 is 21.8 Å². The molecule has 0 atom stereocenters. The molecule has 0 bridgehead atoms. The number of ether oxygens (including phenoxy) is 1. The quantitative estimate of drug-likeness (QED) is 0.0763. The van der Waals surface area contributed by atoms with Crippen LogP contribution < -0.4 is 4.74 Å². The van der Waals surface area contributed by atoms with Crippen LogP contribution in [0.15, 0.2) is 103 Å². The third kappa shape index (κ3) is 6.54. The van der Waals surface area contributed by atoms with Crippen molar-refractivity contribution in [3.05, 3.63) is 132 Å². The number of para-hydroxylation sites is 1. The minimum Gasteiger partial charge on any atom is -0.509 e. The maximum Gasteiger partial charge on any atom is 2.00 e. The molecule has 0 saturated carbocycles. The van der Waals surface area contributed by atoms with Crippen LogP contribution in [-0.4, -0.2) is 19.3 Å². The Balaban J connectivity index is 0.00000386. The van der Waals surface area contributed by atoms with Gasteiger partial charge in [-0.1, -0.05) is 87.2 Å². The van der Waals surface area contributed by atoms with Crippen molar-refractivity contribution in [1.82, 2.24) is 19.3 Å². The number of aryl methyl sites for hydroxylation is 2. The van der Waals surface area contributed by atoms with Crippen LogP contribution in [0.5, 0.6) is 11.5 Å². The van der Waals surface area contributed by atoms with Crippen LogP contribution in [0.3, 0.4) is 0 Å². The summed E-state index contributed by atoms with van der Waals surface area (Å²) in [6, 6.07) is 40.5. The molecule has 0 fully saturated rings. The smallest absolute Gasteiger partial charge is 0.509 e. The van der Waals surface area contributed by atoms with E-state index in [4.69, 9.17) is 14.8 Å². The first-order valence-electron chi connectivity index (χ1n) is 16.4. The Kier molecular flexibility index (Phi) is 10.0. The standard InChI is InChI=1S/C41H38N4O.Pd/c1-4-6-8-21-38-41(30-15-9-7-10-16-30)36(14-5-2)43-45(38)31-17-13-18-32(27-31)46-33-22-23-35-34-19-11-12-20-37(34)44(39(35)28-33)40-26-29(3)24-25-42-40;/h7,9-13,15-20,22-26H,4-6,8,14,21H2,1-3H3;/q-2;+2. The van der Waals surface area contributed by atoms with Crippen molar-refractivity contribution < 1.29 is 25.2 Å². The molecule has 3 heterocycles. The Hall–Kier alpha value is -4.50. The largest absolute Gasteiger partial charge is 2.00 e. The van der Waals surface area contributed by atoms with E-state index >= 15 is 0 Å². The van der Waals surface area contributed by atoms with Gasteiger partial charge in [0.25, 0.3) is 0 Å². The maximum absolute atomic E-state index is 6.48. The molecule has 5 nitrogen and oxygen atoms in total. The summed E-state index contributed by atoms with van der Waals surface area (Å²) in [7, 11) is 0. The van der Waals surface area contributed by atoms with E-state index in [1.54, 1.807) is 0 Å². The van der Waals surface area contributed by atoms with Gasteiger partial charge in [-0.15, -0.1) is 35.7 Å². The van der Waals surface area contributed by atoms with Gasteiger partial charge >= 0.3 is 20.4 Å². The van der Waals surface area contributed by atoms with Crippen molar-refractivity contribution in [2.75, 3.05) is 0 Å². The van der Waals surface area contributed by atoms with Crippen LogP contribution in [0, 0.1) is 19.1 Å². The third-order valence-electron chi connectivity index (χ3n) is 8.51. The van der Waals surface area contributed by atoms with Gasteiger partial charge in [0.2, 0.25) is 0 Å². The molecule has 238 valence electrons. The summed E-state index contributed by atoms with van der Waals surface area (Å²) in [6.45, 7) is 6.55. The Labute approximate surface area is 290 Å². The number of rotatable bonds is 11. The summed E-state index contributed by atoms with van der Waals surface area (Å²) in [6.07, 6.45) is 8.23. The Morgan fingerprint density at radius 2 is 1.55 bits per heavy atom. The summed E-state index contributed by atoms with van der Waals surface area (Å²) in [5.41, 5.74) is 8.89. The zero-order valence-electron chi connectivity index (χ0n) is 27.1. The fraction of sp³-hybridized carbons (Fsp3) is 0.220. The number of fused-ring (bicyclic) bond motifs is 3. The molecular formula is C41H38N4OPd. The second-order valence-corrected chi connectivity index (χ2v) is 11.9.